The maximum atomic E-state index is 12.6. The van der Waals surface area contributed by atoms with E-state index >= 15 is 0 Å². The summed E-state index contributed by atoms with van der Waals surface area (Å²) in [7, 11) is 1.32. The second-order valence-electron chi connectivity index (χ2n) is 5.98. The third kappa shape index (κ3) is 4.06. The molecule has 0 N–H and O–H groups in total. The highest BCUT2D eigenvalue weighted by atomic mass is 32.2. The lowest BCUT2D eigenvalue weighted by Gasteiger charge is -2.18. The minimum Gasteiger partial charge on any atom is -0.486 e. The summed E-state index contributed by atoms with van der Waals surface area (Å²) in [5, 5.41) is 12.1. The molecular weight excluding hydrogens is 396 g/mol. The van der Waals surface area contributed by atoms with E-state index < -0.39 is 5.97 Å². The molecule has 9 nitrogen and oxygen atoms in total. The van der Waals surface area contributed by atoms with Crippen molar-refractivity contribution in [2.24, 2.45) is 0 Å². The molecule has 0 fully saturated rings. The molecule has 29 heavy (non-hydrogen) atoms. The molecule has 1 aliphatic rings. The first kappa shape index (κ1) is 18.9. The first-order valence-corrected chi connectivity index (χ1v) is 9.67. The van der Waals surface area contributed by atoms with Gasteiger partial charge in [0.2, 0.25) is 5.16 Å². The molecular formula is C19H16N4O5S. The van der Waals surface area contributed by atoms with Crippen LogP contribution in [0.4, 0.5) is 0 Å². The average Bonchev–Trinajstić information content (AvgIpc) is 3.25. The smallest absolute Gasteiger partial charge is 0.337 e. The number of thioether (sulfide) groups is 1. The van der Waals surface area contributed by atoms with Crippen LogP contribution in [0.1, 0.15) is 20.7 Å². The number of ether oxygens (including phenoxy) is 3. The molecule has 2 aromatic carbocycles. The van der Waals surface area contributed by atoms with Crippen LogP contribution < -0.4 is 9.47 Å². The highest BCUT2D eigenvalue weighted by Crippen LogP contribution is 2.31. The first-order chi connectivity index (χ1) is 14.2. The molecule has 1 aliphatic heterocycles. The lowest BCUT2D eigenvalue weighted by atomic mass is 10.1. The molecule has 0 saturated heterocycles. The molecule has 10 heteroatoms. The predicted octanol–water partition coefficient (Wildman–Crippen LogP) is 2.20. The van der Waals surface area contributed by atoms with Crippen molar-refractivity contribution >= 4 is 23.5 Å². The normalized spacial score (nSPS) is 12.4. The molecule has 1 aromatic heterocycles. The van der Waals surface area contributed by atoms with Crippen molar-refractivity contribution in [3.05, 3.63) is 53.6 Å². The number of hydrogen-bond donors (Lipinski definition) is 0. The van der Waals surface area contributed by atoms with Gasteiger partial charge < -0.3 is 14.2 Å². The highest BCUT2D eigenvalue weighted by Gasteiger charge is 2.17. The number of hydrogen-bond acceptors (Lipinski definition) is 9. The molecule has 0 radical (unpaired) electrons. The third-order valence-corrected chi connectivity index (χ3v) is 5.09. The number of aromatic nitrogens is 4. The van der Waals surface area contributed by atoms with E-state index in [-0.39, 0.29) is 11.5 Å². The summed E-state index contributed by atoms with van der Waals surface area (Å²) >= 11 is 1.22. The lowest BCUT2D eigenvalue weighted by molar-refractivity contribution is 0.0600. The maximum absolute atomic E-state index is 12.6. The van der Waals surface area contributed by atoms with Gasteiger partial charge in [-0.3, -0.25) is 4.79 Å². The summed E-state index contributed by atoms with van der Waals surface area (Å²) in [5.74, 6) is 0.859. The van der Waals surface area contributed by atoms with Gasteiger partial charge in [0, 0.05) is 5.56 Å². The quantitative estimate of drug-likeness (QED) is 0.342. The fraction of sp³-hybridized carbons (Fsp3) is 0.211. The fourth-order valence-electron chi connectivity index (χ4n) is 2.72. The van der Waals surface area contributed by atoms with Crippen LogP contribution in [0.2, 0.25) is 0 Å². The number of Topliss-reactive ketones (excluding diaryl/α,β-unsaturated/α-hetero) is 1. The van der Waals surface area contributed by atoms with Crippen molar-refractivity contribution in [3.63, 3.8) is 0 Å². The summed E-state index contributed by atoms with van der Waals surface area (Å²) in [4.78, 5) is 24.1. The zero-order valence-electron chi connectivity index (χ0n) is 15.4. The minimum absolute atomic E-state index is 0.0810. The van der Waals surface area contributed by atoms with Gasteiger partial charge in [0.15, 0.2) is 17.3 Å². The van der Waals surface area contributed by atoms with Gasteiger partial charge in [-0.05, 0) is 52.9 Å². The Hall–Kier alpha value is -3.40. The van der Waals surface area contributed by atoms with Gasteiger partial charge in [-0.1, -0.05) is 11.8 Å². The van der Waals surface area contributed by atoms with Gasteiger partial charge in [-0.2, -0.15) is 4.68 Å². The number of benzene rings is 2. The predicted molar refractivity (Wildman–Crippen MR) is 103 cm³/mol. The minimum atomic E-state index is -0.423. The number of fused-ring (bicyclic) bond motifs is 1. The number of methoxy groups -OCH3 is 1. The van der Waals surface area contributed by atoms with Gasteiger partial charge in [0.05, 0.1) is 24.1 Å². The van der Waals surface area contributed by atoms with E-state index in [4.69, 9.17) is 9.47 Å². The zero-order chi connectivity index (χ0) is 20.2. The summed E-state index contributed by atoms with van der Waals surface area (Å²) in [6.45, 7) is 0.961. The van der Waals surface area contributed by atoms with Crippen molar-refractivity contribution in [1.29, 1.82) is 0 Å². The van der Waals surface area contributed by atoms with Crippen LogP contribution >= 0.6 is 11.8 Å². The van der Waals surface area contributed by atoms with Crippen molar-refractivity contribution < 1.29 is 23.8 Å². The number of tetrazole rings is 1. The Morgan fingerprint density at radius 1 is 1.07 bits per heavy atom. The summed E-state index contributed by atoms with van der Waals surface area (Å²) in [5.41, 5.74) is 1.62. The Bertz CT molecular complexity index is 1050. The third-order valence-electron chi connectivity index (χ3n) is 4.17. The van der Waals surface area contributed by atoms with E-state index in [1.807, 2.05) is 0 Å². The van der Waals surface area contributed by atoms with Crippen LogP contribution in [0, 0.1) is 0 Å². The molecule has 0 bridgehead atoms. The number of carbonyl (C=O) groups is 2. The first-order valence-electron chi connectivity index (χ1n) is 8.68. The lowest BCUT2D eigenvalue weighted by Crippen LogP contribution is -2.16. The van der Waals surface area contributed by atoms with E-state index in [0.717, 1.165) is 0 Å². The van der Waals surface area contributed by atoms with Crippen LogP contribution in [0.3, 0.4) is 0 Å². The van der Waals surface area contributed by atoms with E-state index in [2.05, 4.69) is 20.3 Å². The van der Waals surface area contributed by atoms with Gasteiger partial charge in [0.1, 0.15) is 13.2 Å². The van der Waals surface area contributed by atoms with E-state index in [9.17, 15) is 9.59 Å². The molecule has 0 spiro atoms. The van der Waals surface area contributed by atoms with Crippen LogP contribution in [0.15, 0.2) is 47.6 Å². The van der Waals surface area contributed by atoms with Crippen molar-refractivity contribution in [2.75, 3.05) is 26.1 Å². The number of carbonyl (C=O) groups excluding carboxylic acids is 2. The van der Waals surface area contributed by atoms with Crippen LogP contribution in [-0.4, -0.2) is 58.0 Å². The Balaban J connectivity index is 1.45. The SMILES string of the molecule is COC(=O)c1ccc(-n2nnnc2SCC(=O)c2ccc3c(c2)OCCO3)cc1. The molecule has 0 saturated carbocycles. The van der Waals surface area contributed by atoms with Gasteiger partial charge >= 0.3 is 5.97 Å². The summed E-state index contributed by atoms with van der Waals surface area (Å²) < 4.78 is 17.2. The standard InChI is InChI=1S/C19H16N4O5S/c1-26-18(25)12-2-5-14(6-3-12)23-19(20-21-22-23)29-11-15(24)13-4-7-16-17(10-13)28-9-8-27-16/h2-7,10H,8-9,11H2,1H3. The van der Waals surface area contributed by atoms with Crippen LogP contribution in [0.5, 0.6) is 11.5 Å². The van der Waals surface area contributed by atoms with Crippen molar-refractivity contribution in [3.8, 4) is 17.2 Å². The van der Waals surface area contributed by atoms with Crippen molar-refractivity contribution in [1.82, 2.24) is 20.2 Å². The fourth-order valence-corrected chi connectivity index (χ4v) is 3.50. The summed E-state index contributed by atoms with van der Waals surface area (Å²) in [6, 6.07) is 11.8. The number of rotatable bonds is 6. The molecule has 0 atom stereocenters. The van der Waals surface area contributed by atoms with Gasteiger partial charge in [-0.25, -0.2) is 4.79 Å². The van der Waals surface area contributed by atoms with E-state index in [1.54, 1.807) is 42.5 Å². The Kier molecular flexibility index (Phi) is 5.43. The molecule has 0 amide bonds. The highest BCUT2D eigenvalue weighted by molar-refractivity contribution is 7.99. The molecule has 3 aromatic rings. The maximum Gasteiger partial charge on any atom is 0.337 e. The van der Waals surface area contributed by atoms with Gasteiger partial charge in [-0.15, -0.1) is 5.10 Å². The second-order valence-corrected chi connectivity index (χ2v) is 6.92. The molecule has 4 rings (SSSR count). The van der Waals surface area contributed by atoms with Crippen LogP contribution in [0.25, 0.3) is 5.69 Å². The molecule has 2 heterocycles. The Morgan fingerprint density at radius 2 is 1.79 bits per heavy atom. The second kappa shape index (κ2) is 8.31. The number of nitrogens with zero attached hydrogens (tertiary/aromatic N) is 4. The zero-order valence-corrected chi connectivity index (χ0v) is 16.2. The van der Waals surface area contributed by atoms with Crippen LogP contribution in [-0.2, 0) is 4.74 Å². The average molecular weight is 412 g/mol. The monoisotopic (exact) mass is 412 g/mol. The Morgan fingerprint density at radius 3 is 2.55 bits per heavy atom. The van der Waals surface area contributed by atoms with Gasteiger partial charge in [0.25, 0.3) is 0 Å². The molecule has 148 valence electrons. The molecule has 0 unspecified atom stereocenters. The summed E-state index contributed by atoms with van der Waals surface area (Å²) in [6.07, 6.45) is 0. The largest absolute Gasteiger partial charge is 0.486 e. The van der Waals surface area contributed by atoms with E-state index in [0.29, 0.717) is 46.7 Å². The van der Waals surface area contributed by atoms with E-state index in [1.165, 1.54) is 23.6 Å². The molecule has 0 aliphatic carbocycles. The topological polar surface area (TPSA) is 105 Å². The Labute approximate surface area is 169 Å². The number of esters is 1. The number of ketones is 1. The van der Waals surface area contributed by atoms with Crippen molar-refractivity contribution in [2.45, 2.75) is 5.16 Å².